The molecule has 9 heteroatoms. The van der Waals surface area contributed by atoms with E-state index in [2.05, 4.69) is 31.4 Å². The molecular formula is C24H29BrN4O3S. The fourth-order valence-electron chi connectivity index (χ4n) is 3.41. The first-order valence-electron chi connectivity index (χ1n) is 10.8. The third-order valence-electron chi connectivity index (χ3n) is 4.96. The fourth-order valence-corrected chi connectivity index (χ4v) is 4.92. The third kappa shape index (κ3) is 6.51. The van der Waals surface area contributed by atoms with Crippen molar-refractivity contribution in [2.24, 2.45) is 0 Å². The van der Waals surface area contributed by atoms with Crippen molar-refractivity contribution in [1.29, 1.82) is 0 Å². The third-order valence-corrected chi connectivity index (χ3v) is 6.38. The van der Waals surface area contributed by atoms with E-state index in [9.17, 15) is 4.79 Å². The lowest BCUT2D eigenvalue weighted by Gasteiger charge is -2.13. The highest BCUT2D eigenvalue weighted by atomic mass is 79.9. The van der Waals surface area contributed by atoms with Crippen LogP contribution in [0.2, 0.25) is 0 Å². The molecule has 0 aliphatic rings. The predicted molar refractivity (Wildman–Crippen MR) is 135 cm³/mol. The van der Waals surface area contributed by atoms with Gasteiger partial charge in [-0.3, -0.25) is 4.79 Å². The van der Waals surface area contributed by atoms with Crippen LogP contribution in [-0.2, 0) is 17.9 Å². The van der Waals surface area contributed by atoms with Crippen LogP contribution in [-0.4, -0.2) is 33.0 Å². The summed E-state index contributed by atoms with van der Waals surface area (Å²) < 4.78 is 14.6. The summed E-state index contributed by atoms with van der Waals surface area (Å²) in [5.41, 5.74) is 3.98. The van der Waals surface area contributed by atoms with Crippen molar-refractivity contribution in [2.75, 3.05) is 17.7 Å². The smallest absolute Gasteiger partial charge is 0.234 e. The minimum atomic E-state index is -0.0852. The van der Waals surface area contributed by atoms with E-state index in [-0.39, 0.29) is 18.3 Å². The number of aromatic nitrogens is 3. The Bertz CT molecular complexity index is 1110. The molecule has 1 aromatic heterocycles. The largest absolute Gasteiger partial charge is 0.490 e. The highest BCUT2D eigenvalue weighted by Crippen LogP contribution is 2.29. The van der Waals surface area contributed by atoms with Crippen LogP contribution in [0.3, 0.4) is 0 Å². The highest BCUT2D eigenvalue weighted by Gasteiger charge is 2.16. The van der Waals surface area contributed by atoms with E-state index < -0.39 is 0 Å². The van der Waals surface area contributed by atoms with Crippen molar-refractivity contribution >= 4 is 39.3 Å². The Morgan fingerprint density at radius 3 is 2.45 bits per heavy atom. The minimum Gasteiger partial charge on any atom is -0.490 e. The van der Waals surface area contributed by atoms with E-state index >= 15 is 0 Å². The van der Waals surface area contributed by atoms with Gasteiger partial charge >= 0.3 is 0 Å². The van der Waals surface area contributed by atoms with Gasteiger partial charge in [0.05, 0.1) is 12.4 Å². The second kappa shape index (κ2) is 11.6. The maximum atomic E-state index is 12.6. The summed E-state index contributed by atoms with van der Waals surface area (Å²) in [6.45, 7) is 11.4. The summed E-state index contributed by atoms with van der Waals surface area (Å²) >= 11 is 4.84. The highest BCUT2D eigenvalue weighted by molar-refractivity contribution is 9.10. The number of hydrogen-bond acceptors (Lipinski definition) is 6. The van der Waals surface area contributed by atoms with E-state index in [1.165, 1.54) is 11.8 Å². The number of nitrogens with zero attached hydrogens (tertiary/aromatic N) is 3. The van der Waals surface area contributed by atoms with Gasteiger partial charge in [-0.05, 0) is 75.6 Å². The first-order valence-corrected chi connectivity index (χ1v) is 12.6. The number of nitrogens with one attached hydrogen (secondary N) is 1. The van der Waals surface area contributed by atoms with Gasteiger partial charge in [-0.1, -0.05) is 33.8 Å². The van der Waals surface area contributed by atoms with Crippen LogP contribution in [0.5, 0.6) is 11.5 Å². The zero-order valence-corrected chi connectivity index (χ0v) is 22.0. The Morgan fingerprint density at radius 1 is 1.06 bits per heavy atom. The normalized spacial score (nSPS) is 10.8. The number of hydrogen-bond donors (Lipinski definition) is 1. The first kappa shape index (κ1) is 25.1. The molecule has 0 aliphatic carbocycles. The van der Waals surface area contributed by atoms with Crippen LogP contribution in [0.4, 0.5) is 5.69 Å². The topological polar surface area (TPSA) is 78.3 Å². The number of thioether (sulfide) groups is 1. The van der Waals surface area contributed by atoms with E-state index in [0.717, 1.165) is 26.9 Å². The summed E-state index contributed by atoms with van der Waals surface area (Å²) in [5, 5.41) is 12.3. The molecule has 0 spiro atoms. The molecule has 1 amide bonds. The Hall–Kier alpha value is -2.52. The van der Waals surface area contributed by atoms with E-state index in [1.54, 1.807) is 0 Å². The van der Waals surface area contributed by atoms with Crippen LogP contribution in [0.15, 0.2) is 40.0 Å². The van der Waals surface area contributed by atoms with Crippen LogP contribution in [0, 0.1) is 20.8 Å². The minimum absolute atomic E-state index is 0.0852. The summed E-state index contributed by atoms with van der Waals surface area (Å²) in [4.78, 5) is 12.6. The number of halogens is 1. The number of aryl methyl sites for hydroxylation is 3. The molecule has 3 rings (SSSR count). The van der Waals surface area contributed by atoms with Crippen molar-refractivity contribution in [1.82, 2.24) is 14.8 Å². The fraction of sp³-hybridized carbons (Fsp3) is 0.375. The zero-order chi connectivity index (χ0) is 24.0. The van der Waals surface area contributed by atoms with E-state index in [1.807, 2.05) is 69.5 Å². The molecule has 176 valence electrons. The number of anilines is 1. The molecule has 3 aromatic rings. The van der Waals surface area contributed by atoms with Crippen molar-refractivity contribution in [3.63, 3.8) is 0 Å². The Morgan fingerprint density at radius 2 is 1.79 bits per heavy atom. The van der Waals surface area contributed by atoms with Crippen molar-refractivity contribution in [3.8, 4) is 11.5 Å². The SMILES string of the molecule is CCOc1cc(C)ccc1OCc1nnc(SCC(=O)Nc2c(C)cc(Br)cc2C)n1CC. The molecule has 0 atom stereocenters. The lowest BCUT2D eigenvalue weighted by Crippen LogP contribution is -2.16. The summed E-state index contributed by atoms with van der Waals surface area (Å²) in [7, 11) is 0. The van der Waals surface area contributed by atoms with Gasteiger partial charge in [0.2, 0.25) is 5.91 Å². The molecule has 0 unspecified atom stereocenters. The number of ether oxygens (including phenoxy) is 2. The van der Waals surface area contributed by atoms with Gasteiger partial charge < -0.3 is 19.4 Å². The van der Waals surface area contributed by atoms with Gasteiger partial charge in [-0.25, -0.2) is 0 Å². The number of carbonyl (C=O) groups is 1. The average Bonchev–Trinajstić information content (AvgIpc) is 3.16. The Balaban J connectivity index is 1.63. The lowest BCUT2D eigenvalue weighted by molar-refractivity contribution is -0.113. The Labute approximate surface area is 207 Å². The molecule has 1 N–H and O–H groups in total. The molecule has 33 heavy (non-hydrogen) atoms. The molecule has 0 saturated carbocycles. The van der Waals surface area contributed by atoms with Gasteiger partial charge in [0.15, 0.2) is 22.5 Å². The van der Waals surface area contributed by atoms with E-state index in [0.29, 0.717) is 35.6 Å². The number of rotatable bonds is 10. The van der Waals surface area contributed by atoms with Crippen LogP contribution in [0.1, 0.15) is 36.4 Å². The van der Waals surface area contributed by atoms with Crippen molar-refractivity contribution in [2.45, 2.75) is 52.9 Å². The Kier molecular flexibility index (Phi) is 8.80. The first-order chi connectivity index (χ1) is 15.8. The van der Waals surface area contributed by atoms with Gasteiger partial charge in [-0.15, -0.1) is 10.2 Å². The zero-order valence-electron chi connectivity index (χ0n) is 19.6. The maximum absolute atomic E-state index is 12.6. The van der Waals surface area contributed by atoms with Gasteiger partial charge in [-0.2, -0.15) is 0 Å². The second-order valence-corrected chi connectivity index (χ2v) is 9.42. The quantitative estimate of drug-likeness (QED) is 0.337. The standard InChI is InChI=1S/C24H29BrN4O3S/c1-6-29-21(13-32-19-9-8-15(3)10-20(19)31-7-2)27-28-24(29)33-14-22(30)26-23-16(4)11-18(25)12-17(23)5/h8-12H,6-7,13-14H2,1-5H3,(H,26,30). The molecule has 7 nitrogen and oxygen atoms in total. The molecular weight excluding hydrogens is 504 g/mol. The second-order valence-electron chi connectivity index (χ2n) is 7.57. The molecule has 0 radical (unpaired) electrons. The number of benzene rings is 2. The van der Waals surface area contributed by atoms with Crippen molar-refractivity contribution in [3.05, 3.63) is 57.3 Å². The van der Waals surface area contributed by atoms with Gasteiger partial charge in [0, 0.05) is 16.7 Å². The average molecular weight is 533 g/mol. The van der Waals surface area contributed by atoms with Crippen LogP contribution in [0.25, 0.3) is 0 Å². The summed E-state index contributed by atoms with van der Waals surface area (Å²) in [6.07, 6.45) is 0. The monoisotopic (exact) mass is 532 g/mol. The molecule has 0 bridgehead atoms. The van der Waals surface area contributed by atoms with E-state index in [4.69, 9.17) is 9.47 Å². The van der Waals surface area contributed by atoms with Crippen molar-refractivity contribution < 1.29 is 14.3 Å². The summed E-state index contributed by atoms with van der Waals surface area (Å²) in [5.74, 6) is 2.23. The summed E-state index contributed by atoms with van der Waals surface area (Å²) in [6, 6.07) is 9.82. The lowest BCUT2D eigenvalue weighted by atomic mass is 10.1. The van der Waals surface area contributed by atoms with Crippen LogP contribution < -0.4 is 14.8 Å². The molecule has 0 aliphatic heterocycles. The van der Waals surface area contributed by atoms with Gasteiger partial charge in [0.1, 0.15) is 6.61 Å². The van der Waals surface area contributed by atoms with Gasteiger partial charge in [0.25, 0.3) is 0 Å². The number of amides is 1. The molecule has 0 fully saturated rings. The van der Waals surface area contributed by atoms with Crippen LogP contribution >= 0.6 is 27.7 Å². The predicted octanol–water partition coefficient (Wildman–Crippen LogP) is 5.69. The molecule has 0 saturated heterocycles. The molecule has 2 aromatic carbocycles. The molecule has 1 heterocycles. The number of carbonyl (C=O) groups excluding carboxylic acids is 1. The maximum Gasteiger partial charge on any atom is 0.234 e.